The zero-order valence-electron chi connectivity index (χ0n) is 12.0. The minimum absolute atomic E-state index is 0.101. The van der Waals surface area contributed by atoms with Crippen molar-refractivity contribution < 1.29 is 13.9 Å². The average molecular weight is 281 g/mol. The summed E-state index contributed by atoms with van der Waals surface area (Å²) in [5, 5.41) is 2.91. The first-order chi connectivity index (χ1) is 9.33. The number of halogens is 1. The number of hydrogen-bond donors (Lipinski definition) is 1. The van der Waals surface area contributed by atoms with Gasteiger partial charge >= 0.3 is 6.03 Å². The Morgan fingerprint density at radius 1 is 1.50 bits per heavy atom. The molecule has 0 spiro atoms. The molecule has 2 amide bonds. The molecular formula is C14H20FN3O2. The van der Waals surface area contributed by atoms with Gasteiger partial charge in [-0.15, -0.1) is 0 Å². The van der Waals surface area contributed by atoms with Crippen molar-refractivity contribution >= 4 is 6.03 Å². The molecule has 0 bridgehead atoms. The van der Waals surface area contributed by atoms with Crippen LogP contribution >= 0.6 is 0 Å². The van der Waals surface area contributed by atoms with Crippen LogP contribution in [0.5, 0.6) is 5.88 Å². The molecule has 110 valence electrons. The third-order valence-corrected chi connectivity index (χ3v) is 2.89. The summed E-state index contributed by atoms with van der Waals surface area (Å²) in [7, 11) is 0. The largest absolute Gasteiger partial charge is 0.472 e. The Kier molecular flexibility index (Phi) is 4.11. The Hall–Kier alpha value is -1.85. The standard InChI is InChI=1S/C14H20FN3O2/c1-14(2,3)17-13(19)18-8-7-10(9-18)20-12-6-4-5-11(15)16-12/h4-6,10H,7-9H2,1-3H3,(H,17,19). The van der Waals surface area contributed by atoms with Gasteiger partial charge in [-0.2, -0.15) is 9.37 Å². The van der Waals surface area contributed by atoms with Gasteiger partial charge in [-0.05, 0) is 26.8 Å². The van der Waals surface area contributed by atoms with Crippen LogP contribution in [0.2, 0.25) is 0 Å². The molecule has 5 nitrogen and oxygen atoms in total. The SMILES string of the molecule is CC(C)(C)NC(=O)N1CCC(Oc2cccc(F)n2)C1. The van der Waals surface area contributed by atoms with Crippen LogP contribution in [-0.2, 0) is 0 Å². The van der Waals surface area contributed by atoms with Crippen molar-refractivity contribution in [2.24, 2.45) is 0 Å². The number of aromatic nitrogens is 1. The van der Waals surface area contributed by atoms with Gasteiger partial charge in [0.05, 0.1) is 6.54 Å². The third-order valence-electron chi connectivity index (χ3n) is 2.89. The van der Waals surface area contributed by atoms with Crippen molar-refractivity contribution in [1.29, 1.82) is 0 Å². The highest BCUT2D eigenvalue weighted by molar-refractivity contribution is 5.75. The molecule has 6 heteroatoms. The highest BCUT2D eigenvalue weighted by atomic mass is 19.1. The predicted molar refractivity (Wildman–Crippen MR) is 73.1 cm³/mol. The highest BCUT2D eigenvalue weighted by Gasteiger charge is 2.29. The minimum Gasteiger partial charge on any atom is -0.472 e. The van der Waals surface area contributed by atoms with E-state index in [0.29, 0.717) is 13.1 Å². The fourth-order valence-corrected chi connectivity index (χ4v) is 2.03. The van der Waals surface area contributed by atoms with Crippen LogP contribution in [0.25, 0.3) is 0 Å². The maximum absolute atomic E-state index is 13.0. The maximum atomic E-state index is 13.0. The normalized spacial score (nSPS) is 19.0. The zero-order chi connectivity index (χ0) is 14.8. The van der Waals surface area contributed by atoms with Gasteiger partial charge in [0.2, 0.25) is 11.8 Å². The Morgan fingerprint density at radius 3 is 2.90 bits per heavy atom. The first-order valence-electron chi connectivity index (χ1n) is 6.70. The molecular weight excluding hydrogens is 261 g/mol. The van der Waals surface area contributed by atoms with Gasteiger partial charge in [0, 0.05) is 24.6 Å². The van der Waals surface area contributed by atoms with Gasteiger partial charge in [0.25, 0.3) is 0 Å². The molecule has 1 aromatic heterocycles. The molecule has 1 aliphatic rings. The number of amides is 2. The van der Waals surface area contributed by atoms with E-state index in [2.05, 4.69) is 10.3 Å². The second kappa shape index (κ2) is 5.64. The van der Waals surface area contributed by atoms with Gasteiger partial charge in [0.15, 0.2) is 0 Å². The second-order valence-corrected chi connectivity index (χ2v) is 5.95. The quantitative estimate of drug-likeness (QED) is 0.845. The lowest BCUT2D eigenvalue weighted by molar-refractivity contribution is 0.177. The molecule has 1 atom stereocenters. The molecule has 0 aliphatic carbocycles. The Morgan fingerprint density at radius 2 is 2.25 bits per heavy atom. The van der Waals surface area contributed by atoms with Gasteiger partial charge in [-0.1, -0.05) is 6.07 Å². The van der Waals surface area contributed by atoms with Crippen LogP contribution in [-0.4, -0.2) is 40.6 Å². The molecule has 1 aliphatic heterocycles. The van der Waals surface area contributed by atoms with E-state index in [0.717, 1.165) is 6.42 Å². The first-order valence-corrected chi connectivity index (χ1v) is 6.70. The summed E-state index contributed by atoms with van der Waals surface area (Å²) in [6, 6.07) is 4.33. The lowest BCUT2D eigenvalue weighted by Gasteiger charge is -2.25. The van der Waals surface area contributed by atoms with E-state index in [1.807, 2.05) is 20.8 Å². The van der Waals surface area contributed by atoms with E-state index >= 15 is 0 Å². The summed E-state index contributed by atoms with van der Waals surface area (Å²) in [6.45, 7) is 6.92. The van der Waals surface area contributed by atoms with Crippen molar-refractivity contribution in [2.45, 2.75) is 38.8 Å². The minimum atomic E-state index is -0.567. The number of hydrogen-bond acceptors (Lipinski definition) is 3. The van der Waals surface area contributed by atoms with E-state index in [4.69, 9.17) is 4.74 Å². The van der Waals surface area contributed by atoms with Crippen LogP contribution in [0.1, 0.15) is 27.2 Å². The summed E-state index contributed by atoms with van der Waals surface area (Å²) in [5.74, 6) is -0.309. The summed E-state index contributed by atoms with van der Waals surface area (Å²) in [6.07, 6.45) is 0.575. The van der Waals surface area contributed by atoms with Crippen LogP contribution in [0.15, 0.2) is 18.2 Å². The van der Waals surface area contributed by atoms with Crippen molar-refractivity contribution in [2.75, 3.05) is 13.1 Å². The third kappa shape index (κ3) is 4.08. The molecule has 2 heterocycles. The molecule has 1 aromatic rings. The lowest BCUT2D eigenvalue weighted by atomic mass is 10.1. The number of nitrogens with one attached hydrogen (secondary N) is 1. The van der Waals surface area contributed by atoms with Crippen LogP contribution in [0.3, 0.4) is 0 Å². The van der Waals surface area contributed by atoms with E-state index in [1.54, 1.807) is 17.0 Å². The Balaban J connectivity index is 1.88. The Labute approximate surface area is 118 Å². The fourth-order valence-electron chi connectivity index (χ4n) is 2.03. The number of rotatable bonds is 2. The lowest BCUT2D eigenvalue weighted by Crippen LogP contribution is -2.48. The smallest absolute Gasteiger partial charge is 0.317 e. The monoisotopic (exact) mass is 281 g/mol. The van der Waals surface area contributed by atoms with Crippen molar-refractivity contribution in [3.63, 3.8) is 0 Å². The molecule has 20 heavy (non-hydrogen) atoms. The van der Waals surface area contributed by atoms with E-state index in [1.165, 1.54) is 6.07 Å². The number of ether oxygens (including phenoxy) is 1. The highest BCUT2D eigenvalue weighted by Crippen LogP contribution is 2.17. The molecule has 0 saturated carbocycles. The van der Waals surface area contributed by atoms with Crippen LogP contribution in [0.4, 0.5) is 9.18 Å². The number of carbonyl (C=O) groups excluding carboxylic acids is 1. The molecule has 1 saturated heterocycles. The molecule has 0 radical (unpaired) electrons. The van der Waals surface area contributed by atoms with Crippen molar-refractivity contribution in [3.05, 3.63) is 24.1 Å². The molecule has 1 unspecified atom stereocenters. The van der Waals surface area contributed by atoms with Crippen molar-refractivity contribution in [3.8, 4) is 5.88 Å². The maximum Gasteiger partial charge on any atom is 0.317 e. The topological polar surface area (TPSA) is 54.5 Å². The molecule has 2 rings (SSSR count). The van der Waals surface area contributed by atoms with Crippen LogP contribution in [0, 0.1) is 5.95 Å². The van der Waals surface area contributed by atoms with Crippen LogP contribution < -0.4 is 10.1 Å². The number of carbonyl (C=O) groups is 1. The first kappa shape index (κ1) is 14.6. The van der Waals surface area contributed by atoms with Gasteiger partial charge < -0.3 is 15.0 Å². The molecule has 0 aromatic carbocycles. The van der Waals surface area contributed by atoms with Crippen molar-refractivity contribution in [1.82, 2.24) is 15.2 Å². The average Bonchev–Trinajstić information content (AvgIpc) is 2.75. The van der Waals surface area contributed by atoms with E-state index < -0.39 is 5.95 Å². The van der Waals surface area contributed by atoms with Gasteiger partial charge in [0.1, 0.15) is 6.10 Å². The number of likely N-dealkylation sites (tertiary alicyclic amines) is 1. The summed E-state index contributed by atoms with van der Waals surface area (Å²) in [4.78, 5) is 17.4. The molecule has 1 N–H and O–H groups in total. The fraction of sp³-hybridized carbons (Fsp3) is 0.571. The molecule has 1 fully saturated rings. The van der Waals surface area contributed by atoms with E-state index in [9.17, 15) is 9.18 Å². The summed E-state index contributed by atoms with van der Waals surface area (Å²) < 4.78 is 18.6. The number of pyridine rings is 1. The van der Waals surface area contributed by atoms with E-state index in [-0.39, 0.29) is 23.6 Å². The summed E-state index contributed by atoms with van der Waals surface area (Å²) in [5.41, 5.74) is -0.264. The summed E-state index contributed by atoms with van der Waals surface area (Å²) >= 11 is 0. The number of nitrogens with zero attached hydrogens (tertiary/aromatic N) is 2. The van der Waals surface area contributed by atoms with Gasteiger partial charge in [-0.25, -0.2) is 4.79 Å². The van der Waals surface area contributed by atoms with Gasteiger partial charge in [-0.3, -0.25) is 0 Å². The Bertz CT molecular complexity index is 488. The predicted octanol–water partition coefficient (Wildman–Crippen LogP) is 2.18. The zero-order valence-corrected chi connectivity index (χ0v) is 12.0. The second-order valence-electron chi connectivity index (χ2n) is 5.95. The number of urea groups is 1.